The van der Waals surface area contributed by atoms with E-state index >= 15 is 0 Å². The summed E-state index contributed by atoms with van der Waals surface area (Å²) in [5.74, 6) is -0.805. The van der Waals surface area contributed by atoms with Crippen molar-refractivity contribution < 1.29 is 84.7 Å². The molecule has 0 aromatic heterocycles. The summed E-state index contributed by atoms with van der Waals surface area (Å²) in [6, 6.07) is 0. The normalized spacial score (nSPS) is 26.1. The van der Waals surface area contributed by atoms with Gasteiger partial charge in [0.1, 0.15) is 18.8 Å². The molecule has 132 valence electrons. The van der Waals surface area contributed by atoms with Gasteiger partial charge in [0, 0.05) is 32.8 Å². The standard InChI is InChI=1S/C16H25O7.K/c1-11-9-15(20-8-6-4-5-7-17)23-14(10-21-12(2)18)16(11)22-13(3)19;/h11,14-16H,4-6,8-10H2,1-3H3;/q-1;+1. The molecular formula is C16H25KO7. The van der Waals surface area contributed by atoms with Crippen molar-refractivity contribution in [2.24, 2.45) is 5.92 Å². The first-order valence-corrected chi connectivity index (χ1v) is 7.86. The molecule has 1 saturated heterocycles. The van der Waals surface area contributed by atoms with Crippen molar-refractivity contribution in [3.63, 3.8) is 0 Å². The Morgan fingerprint density at radius 3 is 2.50 bits per heavy atom. The van der Waals surface area contributed by atoms with Gasteiger partial charge in [-0.1, -0.05) is 13.3 Å². The molecular weight excluding hydrogens is 343 g/mol. The second-order valence-electron chi connectivity index (χ2n) is 5.67. The van der Waals surface area contributed by atoms with Crippen LogP contribution in [-0.4, -0.2) is 49.9 Å². The molecule has 0 N–H and O–H groups in total. The fourth-order valence-electron chi connectivity index (χ4n) is 2.47. The molecule has 1 aliphatic rings. The molecule has 1 aliphatic heterocycles. The van der Waals surface area contributed by atoms with E-state index in [0.717, 1.165) is 12.8 Å². The van der Waals surface area contributed by atoms with E-state index < -0.39 is 30.4 Å². The van der Waals surface area contributed by atoms with Crippen molar-refractivity contribution in [1.82, 2.24) is 0 Å². The predicted octanol–water partition coefficient (Wildman–Crippen LogP) is -1.47. The molecule has 0 radical (unpaired) electrons. The number of rotatable bonds is 9. The van der Waals surface area contributed by atoms with Crippen LogP contribution in [0, 0.1) is 5.92 Å². The fraction of sp³-hybridized carbons (Fsp3) is 0.812. The van der Waals surface area contributed by atoms with Gasteiger partial charge < -0.3 is 23.7 Å². The van der Waals surface area contributed by atoms with Crippen molar-refractivity contribution in [2.75, 3.05) is 13.2 Å². The van der Waals surface area contributed by atoms with Crippen LogP contribution in [0.2, 0.25) is 0 Å². The van der Waals surface area contributed by atoms with Gasteiger partial charge in [-0.2, -0.15) is 6.42 Å². The molecule has 7 nitrogen and oxygen atoms in total. The molecule has 8 heteroatoms. The molecule has 0 spiro atoms. The molecule has 0 saturated carbocycles. The summed E-state index contributed by atoms with van der Waals surface area (Å²) < 4.78 is 21.7. The van der Waals surface area contributed by atoms with E-state index in [-0.39, 0.29) is 63.9 Å². The Morgan fingerprint density at radius 2 is 1.92 bits per heavy atom. The van der Waals surface area contributed by atoms with E-state index in [1.807, 2.05) is 13.2 Å². The topological polar surface area (TPSA) is 88.1 Å². The maximum Gasteiger partial charge on any atom is 1.00 e. The van der Waals surface area contributed by atoms with Crippen LogP contribution in [0.25, 0.3) is 0 Å². The van der Waals surface area contributed by atoms with Gasteiger partial charge in [0.2, 0.25) is 0 Å². The predicted molar refractivity (Wildman–Crippen MR) is 80.1 cm³/mol. The summed E-state index contributed by atoms with van der Waals surface area (Å²) in [5.41, 5.74) is 0. The minimum Gasteiger partial charge on any atom is -0.542 e. The van der Waals surface area contributed by atoms with E-state index in [9.17, 15) is 14.4 Å². The number of unbranched alkanes of at least 4 members (excludes halogenated alkanes) is 2. The van der Waals surface area contributed by atoms with Crippen LogP contribution in [0.5, 0.6) is 0 Å². The SMILES string of the molecule is CC(=O)OCC1OC(OCCCC[C-]=O)CC(C)C1OC(C)=O.[K+]. The third-order valence-corrected chi connectivity index (χ3v) is 3.55. The van der Waals surface area contributed by atoms with Crippen LogP contribution >= 0.6 is 0 Å². The van der Waals surface area contributed by atoms with Gasteiger partial charge >= 0.3 is 63.3 Å². The number of ether oxygens (including phenoxy) is 4. The van der Waals surface area contributed by atoms with Crippen LogP contribution in [0.3, 0.4) is 0 Å². The van der Waals surface area contributed by atoms with Gasteiger partial charge in [-0.25, -0.2) is 0 Å². The Balaban J connectivity index is 0.00000529. The van der Waals surface area contributed by atoms with E-state index in [4.69, 9.17) is 18.9 Å². The molecule has 1 heterocycles. The van der Waals surface area contributed by atoms with Crippen molar-refractivity contribution in [3.05, 3.63) is 0 Å². The van der Waals surface area contributed by atoms with E-state index in [1.54, 1.807) is 0 Å². The summed E-state index contributed by atoms with van der Waals surface area (Å²) >= 11 is 0. The van der Waals surface area contributed by atoms with Crippen LogP contribution in [0.4, 0.5) is 0 Å². The number of hydrogen-bond donors (Lipinski definition) is 0. The van der Waals surface area contributed by atoms with Gasteiger partial charge in [-0.15, -0.1) is 0 Å². The first-order chi connectivity index (χ1) is 10.9. The minimum absolute atomic E-state index is 0. The van der Waals surface area contributed by atoms with Crippen molar-refractivity contribution >= 4 is 18.2 Å². The van der Waals surface area contributed by atoms with Crippen LogP contribution in [0.1, 0.15) is 46.5 Å². The smallest absolute Gasteiger partial charge is 0.542 e. The second-order valence-corrected chi connectivity index (χ2v) is 5.67. The van der Waals surface area contributed by atoms with Gasteiger partial charge in [-0.3, -0.25) is 15.9 Å². The van der Waals surface area contributed by atoms with Crippen molar-refractivity contribution in [3.8, 4) is 0 Å². The number of carbonyl (C=O) groups excluding carboxylic acids is 3. The van der Waals surface area contributed by atoms with E-state index in [2.05, 4.69) is 0 Å². The fourth-order valence-corrected chi connectivity index (χ4v) is 2.47. The summed E-state index contributed by atoms with van der Waals surface area (Å²) in [6.07, 6.45) is 2.80. The summed E-state index contributed by atoms with van der Waals surface area (Å²) in [4.78, 5) is 32.4. The first kappa shape index (κ1) is 24.2. The van der Waals surface area contributed by atoms with Gasteiger partial charge in [0.25, 0.3) is 0 Å². The molecule has 0 aromatic carbocycles. The van der Waals surface area contributed by atoms with Gasteiger partial charge in [0.15, 0.2) is 6.29 Å². The Kier molecular flexibility index (Phi) is 13.5. The molecule has 4 unspecified atom stereocenters. The summed E-state index contributed by atoms with van der Waals surface area (Å²) in [7, 11) is 0. The molecule has 0 bridgehead atoms. The van der Waals surface area contributed by atoms with E-state index in [1.165, 1.54) is 13.8 Å². The number of carbonyl (C=O) groups is 2. The molecule has 24 heavy (non-hydrogen) atoms. The summed E-state index contributed by atoms with van der Waals surface area (Å²) in [5, 5.41) is 0. The zero-order chi connectivity index (χ0) is 17.2. The first-order valence-electron chi connectivity index (χ1n) is 7.86. The Hall–Kier alpha value is 0.166. The minimum atomic E-state index is -0.556. The zero-order valence-electron chi connectivity index (χ0n) is 14.9. The monoisotopic (exact) mass is 368 g/mol. The largest absolute Gasteiger partial charge is 1.00 e. The zero-order valence-corrected chi connectivity index (χ0v) is 18.0. The molecule has 0 amide bonds. The van der Waals surface area contributed by atoms with Gasteiger partial charge in [-0.05, 0) is 6.42 Å². The molecule has 4 atom stereocenters. The maximum atomic E-state index is 11.2. The molecule has 1 rings (SSSR count). The molecule has 0 aliphatic carbocycles. The van der Waals surface area contributed by atoms with Crippen LogP contribution < -0.4 is 51.4 Å². The molecule has 0 aromatic rings. The third-order valence-electron chi connectivity index (χ3n) is 3.55. The Bertz CT molecular complexity index is 402. The average molecular weight is 368 g/mol. The second kappa shape index (κ2) is 13.4. The van der Waals surface area contributed by atoms with Gasteiger partial charge in [0.05, 0.1) is 0 Å². The molecule has 1 fully saturated rings. The summed E-state index contributed by atoms with van der Waals surface area (Å²) in [6.45, 7) is 5.07. The van der Waals surface area contributed by atoms with Crippen LogP contribution in [-0.2, 0) is 33.3 Å². The van der Waals surface area contributed by atoms with Crippen LogP contribution in [0.15, 0.2) is 0 Å². The average Bonchev–Trinajstić information content (AvgIpc) is 2.47. The number of esters is 2. The van der Waals surface area contributed by atoms with E-state index in [0.29, 0.717) is 19.4 Å². The third kappa shape index (κ3) is 9.60. The number of hydrogen-bond acceptors (Lipinski definition) is 7. The maximum absolute atomic E-state index is 11.2. The Labute approximate surface area is 185 Å². The Morgan fingerprint density at radius 1 is 1.21 bits per heavy atom. The van der Waals surface area contributed by atoms with Crippen molar-refractivity contribution in [1.29, 1.82) is 0 Å². The van der Waals surface area contributed by atoms with Crippen molar-refractivity contribution in [2.45, 2.75) is 65.0 Å². The quantitative estimate of drug-likeness (QED) is 0.213.